The van der Waals surface area contributed by atoms with Crippen molar-refractivity contribution in [1.82, 2.24) is 10.6 Å². The summed E-state index contributed by atoms with van der Waals surface area (Å²) >= 11 is 0. The molecule has 1 aliphatic heterocycles. The molecule has 4 aromatic carbocycles. The Labute approximate surface area is 296 Å². The predicted molar refractivity (Wildman–Crippen MR) is 195 cm³/mol. The van der Waals surface area contributed by atoms with Crippen LogP contribution in [0.2, 0.25) is 0 Å². The van der Waals surface area contributed by atoms with Crippen LogP contribution >= 0.6 is 0 Å². The molecule has 1 fully saturated rings. The van der Waals surface area contributed by atoms with Crippen LogP contribution in [0.4, 0.5) is 4.79 Å². The summed E-state index contributed by atoms with van der Waals surface area (Å²) in [6, 6.07) is 39.9. The van der Waals surface area contributed by atoms with Gasteiger partial charge in [-0.1, -0.05) is 121 Å². The predicted octanol–water partition coefficient (Wildman–Crippen LogP) is 6.85. The van der Waals surface area contributed by atoms with E-state index in [1.54, 1.807) is 0 Å². The van der Waals surface area contributed by atoms with Crippen LogP contribution in [0.15, 0.2) is 126 Å². The molecule has 1 saturated heterocycles. The molecule has 0 spiro atoms. The third kappa shape index (κ3) is 12.1. The lowest BCUT2D eigenvalue weighted by Gasteiger charge is -2.44. The summed E-state index contributed by atoms with van der Waals surface area (Å²) in [4.78, 5) is 17.3. The number of carbonyl (C=O) groups excluding carboxylic acids is 1. The summed E-state index contributed by atoms with van der Waals surface area (Å²) in [5.41, 5.74) is 3.59. The largest absolute Gasteiger partial charge is 0.444 e. The van der Waals surface area contributed by atoms with Crippen LogP contribution in [0.25, 0.3) is 0 Å². The molecule has 0 aliphatic carbocycles. The van der Waals surface area contributed by atoms with Gasteiger partial charge in [-0.25, -0.2) is 4.79 Å². The lowest BCUT2D eigenvalue weighted by Crippen LogP contribution is -2.66. The van der Waals surface area contributed by atoms with Gasteiger partial charge in [-0.3, -0.25) is 4.99 Å². The number of benzene rings is 4. The van der Waals surface area contributed by atoms with Gasteiger partial charge in [-0.15, -0.1) is 0 Å². The number of rotatable bonds is 16. The minimum atomic E-state index is -0.605. The Balaban J connectivity index is 1.43. The molecule has 5 rings (SSSR count). The molecule has 50 heavy (non-hydrogen) atoms. The highest BCUT2D eigenvalue weighted by molar-refractivity contribution is 5.88. The summed E-state index contributed by atoms with van der Waals surface area (Å²) in [6.07, 6.45) is -2.11. The number of nitrogens with one attached hydrogen (secondary N) is 2. The fraction of sp³-hybridized carbons (Fsp3) is 0.366. The SMILES string of the molecule is CC(C)(C)OC(=O)NCCN=C1N[C@H](COCc2ccccc2)[C@@H](OCc2ccccc2)[C@H](OCc2ccccc2)[C@@H]1OCc1ccccc1. The standard InChI is InChI=1S/C41H49N3O6/c1-41(2,3)50-40(45)43-25-24-42-39-38(49-29-34-22-14-7-15-23-34)37(48-28-33-20-12-6-13-21-33)36(47-27-32-18-10-5-11-19-32)35(44-39)30-46-26-31-16-8-4-9-17-31/h4-23,35-38H,24-30H2,1-3H3,(H,42,44)(H,43,45)/t35-,36-,37+,38+/m1/s1. The van der Waals surface area contributed by atoms with Gasteiger partial charge in [-0.05, 0) is 43.0 Å². The number of alkyl carbamates (subject to hydrolysis) is 1. The van der Waals surface area contributed by atoms with Gasteiger partial charge in [0, 0.05) is 6.54 Å². The summed E-state index contributed by atoms with van der Waals surface area (Å²) < 4.78 is 31.9. The molecule has 1 heterocycles. The average Bonchev–Trinajstić information content (AvgIpc) is 3.12. The first-order valence-corrected chi connectivity index (χ1v) is 17.2. The highest BCUT2D eigenvalue weighted by Gasteiger charge is 2.45. The van der Waals surface area contributed by atoms with E-state index >= 15 is 0 Å². The maximum Gasteiger partial charge on any atom is 0.407 e. The first-order chi connectivity index (χ1) is 24.3. The van der Waals surface area contributed by atoms with E-state index in [4.69, 9.17) is 28.7 Å². The Morgan fingerprint density at radius 2 is 1.12 bits per heavy atom. The Morgan fingerprint density at radius 3 is 1.62 bits per heavy atom. The van der Waals surface area contributed by atoms with Crippen molar-refractivity contribution in [3.05, 3.63) is 144 Å². The van der Waals surface area contributed by atoms with E-state index < -0.39 is 30.0 Å². The number of hydrogen-bond acceptors (Lipinski definition) is 7. The molecule has 0 saturated carbocycles. The molecule has 1 aliphatic rings. The Bertz CT molecular complexity index is 1580. The number of amidine groups is 1. The molecular formula is C41H49N3O6. The lowest BCUT2D eigenvalue weighted by molar-refractivity contribution is -0.157. The normalized spacial score (nSPS) is 19.9. The molecule has 0 unspecified atom stereocenters. The quantitative estimate of drug-likeness (QED) is 0.125. The van der Waals surface area contributed by atoms with E-state index in [-0.39, 0.29) is 12.6 Å². The van der Waals surface area contributed by atoms with Gasteiger partial charge < -0.3 is 34.3 Å². The third-order valence-corrected chi connectivity index (χ3v) is 7.94. The molecule has 0 bridgehead atoms. The number of ether oxygens (including phenoxy) is 5. The van der Waals surface area contributed by atoms with Crippen molar-refractivity contribution in [3.63, 3.8) is 0 Å². The van der Waals surface area contributed by atoms with Crippen molar-refractivity contribution in [2.24, 2.45) is 4.99 Å². The van der Waals surface area contributed by atoms with Crippen LogP contribution in [-0.2, 0) is 50.1 Å². The minimum Gasteiger partial charge on any atom is -0.444 e. The number of carbonyl (C=O) groups is 1. The van der Waals surface area contributed by atoms with E-state index in [2.05, 4.69) is 10.6 Å². The van der Waals surface area contributed by atoms with Gasteiger partial charge in [0.2, 0.25) is 0 Å². The van der Waals surface area contributed by atoms with Gasteiger partial charge >= 0.3 is 6.09 Å². The number of nitrogens with zero attached hydrogens (tertiary/aromatic N) is 1. The van der Waals surface area contributed by atoms with E-state index in [1.165, 1.54) is 0 Å². The average molecular weight is 680 g/mol. The van der Waals surface area contributed by atoms with Crippen LogP contribution < -0.4 is 10.6 Å². The summed E-state index contributed by atoms with van der Waals surface area (Å²) in [6.45, 7) is 7.93. The van der Waals surface area contributed by atoms with Crippen LogP contribution in [0.5, 0.6) is 0 Å². The number of piperidine rings is 1. The minimum absolute atomic E-state index is 0.282. The highest BCUT2D eigenvalue weighted by Crippen LogP contribution is 2.26. The second kappa shape index (κ2) is 19.0. The monoisotopic (exact) mass is 679 g/mol. The third-order valence-electron chi connectivity index (χ3n) is 7.94. The summed E-state index contributed by atoms with van der Waals surface area (Å²) in [5, 5.41) is 6.42. The lowest BCUT2D eigenvalue weighted by atomic mass is 9.94. The van der Waals surface area contributed by atoms with Crippen molar-refractivity contribution in [2.45, 2.75) is 77.2 Å². The van der Waals surface area contributed by atoms with Gasteiger partial charge in [0.25, 0.3) is 0 Å². The molecule has 4 aromatic rings. The molecular weight excluding hydrogens is 630 g/mol. The Kier molecular flexibility index (Phi) is 14.0. The van der Waals surface area contributed by atoms with Crippen molar-refractivity contribution in [2.75, 3.05) is 19.7 Å². The maximum atomic E-state index is 12.3. The smallest absolute Gasteiger partial charge is 0.407 e. The van der Waals surface area contributed by atoms with E-state index in [0.717, 1.165) is 22.3 Å². The molecule has 9 nitrogen and oxygen atoms in total. The molecule has 0 radical (unpaired) electrons. The topological polar surface area (TPSA) is 99.6 Å². The summed E-state index contributed by atoms with van der Waals surface area (Å²) in [7, 11) is 0. The van der Waals surface area contributed by atoms with E-state index in [0.29, 0.717) is 45.4 Å². The fourth-order valence-corrected chi connectivity index (χ4v) is 5.57. The Morgan fingerprint density at radius 1 is 0.660 bits per heavy atom. The van der Waals surface area contributed by atoms with Crippen LogP contribution in [0.1, 0.15) is 43.0 Å². The number of hydrogen-bond donors (Lipinski definition) is 2. The maximum absolute atomic E-state index is 12.3. The molecule has 9 heteroatoms. The van der Waals surface area contributed by atoms with Gasteiger partial charge in [0.05, 0.1) is 45.6 Å². The van der Waals surface area contributed by atoms with Crippen LogP contribution in [0, 0.1) is 0 Å². The molecule has 4 atom stereocenters. The number of aliphatic imine (C=N–C) groups is 1. The van der Waals surface area contributed by atoms with Gasteiger partial charge in [-0.2, -0.15) is 0 Å². The van der Waals surface area contributed by atoms with Gasteiger partial charge in [0.1, 0.15) is 29.7 Å². The first kappa shape index (κ1) is 36.7. The van der Waals surface area contributed by atoms with Crippen molar-refractivity contribution < 1.29 is 28.5 Å². The Hall–Kier alpha value is -4.54. The van der Waals surface area contributed by atoms with Crippen LogP contribution in [-0.4, -0.2) is 61.6 Å². The summed E-state index contributed by atoms with van der Waals surface area (Å²) in [5.74, 6) is 0.609. The van der Waals surface area contributed by atoms with E-state index in [9.17, 15) is 4.79 Å². The fourth-order valence-electron chi connectivity index (χ4n) is 5.57. The van der Waals surface area contributed by atoms with Crippen LogP contribution in [0.3, 0.4) is 0 Å². The molecule has 264 valence electrons. The molecule has 0 aromatic heterocycles. The molecule has 1 amide bonds. The zero-order chi connectivity index (χ0) is 35.0. The van der Waals surface area contributed by atoms with E-state index in [1.807, 2.05) is 142 Å². The zero-order valence-electron chi connectivity index (χ0n) is 29.2. The second-order valence-electron chi connectivity index (χ2n) is 13.2. The first-order valence-electron chi connectivity index (χ1n) is 17.2. The highest BCUT2D eigenvalue weighted by atomic mass is 16.6. The molecule has 2 N–H and O–H groups in total. The van der Waals surface area contributed by atoms with Crippen molar-refractivity contribution in [3.8, 4) is 0 Å². The second-order valence-corrected chi connectivity index (χ2v) is 13.2. The van der Waals surface area contributed by atoms with Gasteiger partial charge in [0.15, 0.2) is 0 Å². The van der Waals surface area contributed by atoms with Crippen molar-refractivity contribution >= 4 is 11.9 Å². The number of amides is 1. The van der Waals surface area contributed by atoms with Crippen molar-refractivity contribution in [1.29, 1.82) is 0 Å². The zero-order valence-corrected chi connectivity index (χ0v) is 29.2.